The van der Waals surface area contributed by atoms with E-state index in [1.807, 2.05) is 11.4 Å². The predicted octanol–water partition coefficient (Wildman–Crippen LogP) is 3.03. The van der Waals surface area contributed by atoms with Gasteiger partial charge in [-0.15, -0.1) is 11.3 Å². The van der Waals surface area contributed by atoms with Gasteiger partial charge in [-0.2, -0.15) is 0 Å². The fourth-order valence-electron chi connectivity index (χ4n) is 1.59. The number of benzene rings is 1. The zero-order valence-corrected chi connectivity index (χ0v) is 12.7. The molecule has 1 aromatic carbocycles. The maximum absolute atomic E-state index is 12.0. The highest BCUT2D eigenvalue weighted by molar-refractivity contribution is 9.10. The van der Waals surface area contributed by atoms with Gasteiger partial charge in [-0.3, -0.25) is 4.79 Å². The van der Waals surface area contributed by atoms with Gasteiger partial charge in [-0.1, -0.05) is 0 Å². The third-order valence-corrected chi connectivity index (χ3v) is 4.52. The molecule has 0 saturated carbocycles. The molecule has 6 heteroatoms. The molecule has 1 aromatic heterocycles. The number of nitrogens with one attached hydrogen (secondary N) is 1. The van der Waals surface area contributed by atoms with Crippen molar-refractivity contribution in [1.82, 2.24) is 5.32 Å². The summed E-state index contributed by atoms with van der Waals surface area (Å²) in [6.45, 7) is 0.489. The number of amides is 1. The van der Waals surface area contributed by atoms with Crippen molar-refractivity contribution in [2.45, 2.75) is 6.54 Å². The Labute approximate surface area is 123 Å². The van der Waals surface area contributed by atoms with Crippen LogP contribution in [0.4, 0.5) is 5.69 Å². The molecule has 3 N–H and O–H groups in total. The second-order valence-corrected chi connectivity index (χ2v) is 5.69. The number of anilines is 1. The van der Waals surface area contributed by atoms with Crippen LogP contribution in [0.1, 0.15) is 15.2 Å². The van der Waals surface area contributed by atoms with E-state index in [1.54, 1.807) is 36.6 Å². The van der Waals surface area contributed by atoms with E-state index in [2.05, 4.69) is 21.2 Å². The van der Waals surface area contributed by atoms with Crippen LogP contribution in [-0.4, -0.2) is 13.0 Å². The molecule has 1 heterocycles. The summed E-state index contributed by atoms with van der Waals surface area (Å²) in [5.74, 6) is 0.409. The molecule has 0 aliphatic rings. The van der Waals surface area contributed by atoms with Gasteiger partial charge in [0.05, 0.1) is 19.3 Å². The lowest BCUT2D eigenvalue weighted by Crippen LogP contribution is -2.22. The summed E-state index contributed by atoms with van der Waals surface area (Å²) in [5, 5.41) is 4.82. The number of carbonyl (C=O) groups is 1. The Morgan fingerprint density at radius 1 is 1.47 bits per heavy atom. The molecule has 1 amide bonds. The van der Waals surface area contributed by atoms with Gasteiger partial charge in [0.15, 0.2) is 0 Å². The van der Waals surface area contributed by atoms with Crippen molar-refractivity contribution >= 4 is 38.9 Å². The van der Waals surface area contributed by atoms with E-state index in [9.17, 15) is 4.79 Å². The minimum Gasteiger partial charge on any atom is -0.495 e. The lowest BCUT2D eigenvalue weighted by atomic mass is 10.1. The van der Waals surface area contributed by atoms with Gasteiger partial charge in [-0.25, -0.2) is 0 Å². The summed E-state index contributed by atoms with van der Waals surface area (Å²) < 4.78 is 6.06. The monoisotopic (exact) mass is 340 g/mol. The van der Waals surface area contributed by atoms with Gasteiger partial charge in [0.2, 0.25) is 0 Å². The Hall–Kier alpha value is -1.53. The van der Waals surface area contributed by atoms with Crippen molar-refractivity contribution in [2.75, 3.05) is 12.8 Å². The summed E-state index contributed by atoms with van der Waals surface area (Å²) in [7, 11) is 1.54. The van der Waals surface area contributed by atoms with Crippen LogP contribution in [0.15, 0.2) is 34.1 Å². The van der Waals surface area contributed by atoms with Gasteiger partial charge in [0.1, 0.15) is 5.75 Å². The molecular weight excluding hydrogens is 328 g/mol. The fourth-order valence-corrected chi connectivity index (χ4v) is 3.02. The summed E-state index contributed by atoms with van der Waals surface area (Å²) in [6, 6.07) is 6.94. The summed E-state index contributed by atoms with van der Waals surface area (Å²) in [4.78, 5) is 13.1. The van der Waals surface area contributed by atoms with E-state index in [-0.39, 0.29) is 5.91 Å². The maximum atomic E-state index is 12.0. The average Bonchev–Trinajstić information content (AvgIpc) is 2.81. The number of carbonyl (C=O) groups excluding carboxylic acids is 1. The lowest BCUT2D eigenvalue weighted by Gasteiger charge is -2.08. The molecule has 0 bridgehead atoms. The van der Waals surface area contributed by atoms with Crippen LogP contribution in [0, 0.1) is 0 Å². The number of halogens is 1. The molecular formula is C13H13BrN2O2S. The second-order valence-electron chi connectivity index (χ2n) is 3.83. The third kappa shape index (κ3) is 3.27. The van der Waals surface area contributed by atoms with Crippen molar-refractivity contribution in [3.05, 3.63) is 44.6 Å². The van der Waals surface area contributed by atoms with Crippen molar-refractivity contribution in [1.29, 1.82) is 0 Å². The number of methoxy groups -OCH3 is 1. The van der Waals surface area contributed by atoms with Crippen LogP contribution >= 0.6 is 27.3 Å². The van der Waals surface area contributed by atoms with Crippen LogP contribution in [0.2, 0.25) is 0 Å². The average molecular weight is 341 g/mol. The highest BCUT2D eigenvalue weighted by Gasteiger charge is 2.09. The van der Waals surface area contributed by atoms with Crippen LogP contribution < -0.4 is 15.8 Å². The van der Waals surface area contributed by atoms with E-state index < -0.39 is 0 Å². The number of nitrogen functional groups attached to an aromatic ring is 1. The second kappa shape index (κ2) is 6.08. The Kier molecular flexibility index (Phi) is 4.44. The van der Waals surface area contributed by atoms with E-state index in [1.165, 1.54) is 0 Å². The van der Waals surface area contributed by atoms with Crippen molar-refractivity contribution in [2.24, 2.45) is 0 Å². The Balaban J connectivity index is 2.04. The Morgan fingerprint density at radius 2 is 2.26 bits per heavy atom. The number of ether oxygens (including phenoxy) is 1. The van der Waals surface area contributed by atoms with Crippen molar-refractivity contribution < 1.29 is 9.53 Å². The first kappa shape index (κ1) is 13.9. The van der Waals surface area contributed by atoms with E-state index >= 15 is 0 Å². The van der Waals surface area contributed by atoms with Gasteiger partial charge in [0.25, 0.3) is 5.91 Å². The minimum atomic E-state index is -0.158. The number of nitrogens with two attached hydrogens (primary N) is 1. The van der Waals surface area contributed by atoms with Crippen molar-refractivity contribution in [3.8, 4) is 5.75 Å². The molecule has 19 heavy (non-hydrogen) atoms. The molecule has 0 fully saturated rings. The highest BCUT2D eigenvalue weighted by atomic mass is 79.9. The van der Waals surface area contributed by atoms with Gasteiger partial charge in [0, 0.05) is 14.9 Å². The van der Waals surface area contributed by atoms with Crippen LogP contribution in [-0.2, 0) is 6.54 Å². The predicted molar refractivity (Wildman–Crippen MR) is 80.6 cm³/mol. The van der Waals surface area contributed by atoms with E-state index in [4.69, 9.17) is 10.5 Å². The quantitative estimate of drug-likeness (QED) is 0.840. The topological polar surface area (TPSA) is 64.3 Å². The zero-order valence-electron chi connectivity index (χ0n) is 10.3. The van der Waals surface area contributed by atoms with Crippen molar-refractivity contribution in [3.63, 3.8) is 0 Å². The molecule has 2 rings (SSSR count). The summed E-state index contributed by atoms with van der Waals surface area (Å²) in [5.41, 5.74) is 6.74. The first-order valence-corrected chi connectivity index (χ1v) is 7.22. The molecule has 0 aliphatic heterocycles. The largest absolute Gasteiger partial charge is 0.495 e. The maximum Gasteiger partial charge on any atom is 0.251 e. The first-order chi connectivity index (χ1) is 9.11. The number of thiophene rings is 1. The smallest absolute Gasteiger partial charge is 0.251 e. The normalized spacial score (nSPS) is 10.2. The summed E-state index contributed by atoms with van der Waals surface area (Å²) in [6.07, 6.45) is 0. The van der Waals surface area contributed by atoms with E-state index in [0.717, 1.165) is 9.35 Å². The minimum absolute atomic E-state index is 0.158. The van der Waals surface area contributed by atoms with Crippen LogP contribution in [0.25, 0.3) is 0 Å². The molecule has 0 unspecified atom stereocenters. The van der Waals surface area contributed by atoms with Gasteiger partial charge in [-0.05, 0) is 45.6 Å². The Morgan fingerprint density at radius 3 is 2.84 bits per heavy atom. The fraction of sp³-hybridized carbons (Fsp3) is 0.154. The molecule has 0 saturated heterocycles. The zero-order chi connectivity index (χ0) is 13.8. The first-order valence-electron chi connectivity index (χ1n) is 5.55. The third-order valence-electron chi connectivity index (χ3n) is 2.59. The molecule has 100 valence electrons. The number of rotatable bonds is 4. The van der Waals surface area contributed by atoms with Gasteiger partial charge >= 0.3 is 0 Å². The highest BCUT2D eigenvalue weighted by Crippen LogP contribution is 2.23. The number of hydrogen-bond donors (Lipinski definition) is 2. The molecule has 0 atom stereocenters. The SMILES string of the molecule is COc1ccc(C(=O)NCc2sccc2Br)cc1N. The molecule has 4 nitrogen and oxygen atoms in total. The molecule has 0 radical (unpaired) electrons. The Bertz CT molecular complexity index is 598. The lowest BCUT2D eigenvalue weighted by molar-refractivity contribution is 0.0951. The molecule has 0 spiro atoms. The van der Waals surface area contributed by atoms with Crippen LogP contribution in [0.5, 0.6) is 5.75 Å². The van der Waals surface area contributed by atoms with E-state index in [0.29, 0.717) is 23.5 Å². The van der Waals surface area contributed by atoms with Gasteiger partial charge < -0.3 is 15.8 Å². The summed E-state index contributed by atoms with van der Waals surface area (Å²) >= 11 is 5.02. The van der Waals surface area contributed by atoms with Crippen LogP contribution in [0.3, 0.4) is 0 Å². The molecule has 2 aromatic rings. The number of hydrogen-bond acceptors (Lipinski definition) is 4. The molecule has 0 aliphatic carbocycles. The standard InChI is InChI=1S/C13H13BrN2O2S/c1-18-11-3-2-8(6-10(11)15)13(17)16-7-12-9(14)4-5-19-12/h2-6H,7,15H2,1H3,(H,16,17).